The van der Waals surface area contributed by atoms with Gasteiger partial charge in [-0.05, 0) is 30.2 Å². The van der Waals surface area contributed by atoms with Gasteiger partial charge in [0.05, 0.1) is 26.2 Å². The predicted molar refractivity (Wildman–Crippen MR) is 104 cm³/mol. The molecule has 156 valence electrons. The molecule has 0 aliphatic heterocycles. The summed E-state index contributed by atoms with van der Waals surface area (Å²) in [6, 6.07) is 6.99. The van der Waals surface area contributed by atoms with Crippen molar-refractivity contribution in [1.29, 1.82) is 0 Å². The van der Waals surface area contributed by atoms with Gasteiger partial charge in [0.1, 0.15) is 17.5 Å². The van der Waals surface area contributed by atoms with Crippen molar-refractivity contribution in [2.45, 2.75) is 19.9 Å². The molecule has 0 radical (unpaired) electrons. The third kappa shape index (κ3) is 6.00. The zero-order valence-corrected chi connectivity index (χ0v) is 16.7. The molecule has 0 unspecified atom stereocenters. The summed E-state index contributed by atoms with van der Waals surface area (Å²) in [7, 11) is 2.97. The standard InChI is InChI=1S/C20H24N2O7/c1-12(2)18(22-19(24)15-6-5-9-28-15)20(25)29-11-17(23)21-14-8-7-13(26-3)10-16(14)27-4/h5-10,12,18H,11H2,1-4H3,(H,21,23)(H,22,24)/t18-/m0/s1. The third-order valence-electron chi connectivity index (χ3n) is 3.98. The molecule has 0 bridgehead atoms. The molecule has 29 heavy (non-hydrogen) atoms. The Hall–Kier alpha value is -3.49. The lowest BCUT2D eigenvalue weighted by molar-refractivity contribution is -0.150. The molecule has 2 aromatic rings. The van der Waals surface area contributed by atoms with E-state index in [-0.39, 0.29) is 11.7 Å². The van der Waals surface area contributed by atoms with Gasteiger partial charge in [-0.3, -0.25) is 9.59 Å². The van der Waals surface area contributed by atoms with Crippen molar-refractivity contribution in [2.24, 2.45) is 5.92 Å². The largest absolute Gasteiger partial charge is 0.497 e. The minimum atomic E-state index is -0.934. The highest BCUT2D eigenvalue weighted by Gasteiger charge is 2.27. The second-order valence-electron chi connectivity index (χ2n) is 6.39. The van der Waals surface area contributed by atoms with Gasteiger partial charge in [0.2, 0.25) is 0 Å². The van der Waals surface area contributed by atoms with E-state index in [2.05, 4.69) is 10.6 Å². The van der Waals surface area contributed by atoms with Gasteiger partial charge in [-0.1, -0.05) is 13.8 Å². The first-order chi connectivity index (χ1) is 13.8. The van der Waals surface area contributed by atoms with E-state index < -0.39 is 30.4 Å². The van der Waals surface area contributed by atoms with Crippen LogP contribution in [0.1, 0.15) is 24.4 Å². The van der Waals surface area contributed by atoms with Gasteiger partial charge in [0.25, 0.3) is 11.8 Å². The van der Waals surface area contributed by atoms with Gasteiger partial charge in [0.15, 0.2) is 12.4 Å². The van der Waals surface area contributed by atoms with Crippen LogP contribution in [0.25, 0.3) is 0 Å². The van der Waals surface area contributed by atoms with Crippen LogP contribution >= 0.6 is 0 Å². The third-order valence-corrected chi connectivity index (χ3v) is 3.98. The van der Waals surface area contributed by atoms with Crippen molar-refractivity contribution in [3.8, 4) is 11.5 Å². The summed E-state index contributed by atoms with van der Waals surface area (Å²) >= 11 is 0. The molecule has 9 heteroatoms. The molecule has 2 N–H and O–H groups in total. The second kappa shape index (κ2) is 10.2. The number of furan rings is 1. The number of hydrogen-bond acceptors (Lipinski definition) is 7. The smallest absolute Gasteiger partial charge is 0.329 e. The molecule has 2 rings (SSSR count). The fraction of sp³-hybridized carbons (Fsp3) is 0.350. The van der Waals surface area contributed by atoms with Crippen LogP contribution in [0.4, 0.5) is 5.69 Å². The predicted octanol–water partition coefficient (Wildman–Crippen LogP) is 2.23. The highest BCUT2D eigenvalue weighted by molar-refractivity contribution is 5.96. The van der Waals surface area contributed by atoms with E-state index in [1.165, 1.54) is 26.5 Å². The molecule has 0 aliphatic carbocycles. The molecular formula is C20H24N2O7. The Morgan fingerprint density at radius 1 is 1.10 bits per heavy atom. The van der Waals surface area contributed by atoms with Gasteiger partial charge >= 0.3 is 5.97 Å². The number of carbonyl (C=O) groups is 3. The van der Waals surface area contributed by atoms with Crippen molar-refractivity contribution < 1.29 is 33.0 Å². The lowest BCUT2D eigenvalue weighted by Crippen LogP contribution is -2.45. The van der Waals surface area contributed by atoms with E-state index in [4.69, 9.17) is 18.6 Å². The van der Waals surface area contributed by atoms with Crippen molar-refractivity contribution in [2.75, 3.05) is 26.1 Å². The number of nitrogens with one attached hydrogen (secondary N) is 2. The van der Waals surface area contributed by atoms with Gasteiger partial charge in [-0.25, -0.2) is 4.79 Å². The summed E-state index contributed by atoms with van der Waals surface area (Å²) in [4.78, 5) is 36.6. The molecule has 9 nitrogen and oxygen atoms in total. The number of hydrogen-bond donors (Lipinski definition) is 2. The Bertz CT molecular complexity index is 847. The molecule has 1 heterocycles. The number of anilines is 1. The summed E-state index contributed by atoms with van der Waals surface area (Å²) in [5.41, 5.74) is 0.404. The fourth-order valence-electron chi connectivity index (χ4n) is 2.43. The molecule has 0 aliphatic rings. The van der Waals surface area contributed by atoms with E-state index >= 15 is 0 Å². The van der Waals surface area contributed by atoms with Crippen LogP contribution in [-0.2, 0) is 14.3 Å². The monoisotopic (exact) mass is 404 g/mol. The highest BCUT2D eigenvalue weighted by atomic mass is 16.5. The van der Waals surface area contributed by atoms with E-state index in [9.17, 15) is 14.4 Å². The quantitative estimate of drug-likeness (QED) is 0.616. The van der Waals surface area contributed by atoms with E-state index in [1.807, 2.05) is 0 Å². The van der Waals surface area contributed by atoms with E-state index in [0.717, 1.165) is 0 Å². The highest BCUT2D eigenvalue weighted by Crippen LogP contribution is 2.28. The van der Waals surface area contributed by atoms with Crippen LogP contribution in [0, 0.1) is 5.92 Å². The molecule has 0 fully saturated rings. The maximum atomic E-state index is 12.4. The molecular weight excluding hydrogens is 380 g/mol. The second-order valence-corrected chi connectivity index (χ2v) is 6.39. The lowest BCUT2D eigenvalue weighted by Gasteiger charge is -2.20. The van der Waals surface area contributed by atoms with Gasteiger partial charge in [0, 0.05) is 6.07 Å². The summed E-state index contributed by atoms with van der Waals surface area (Å²) < 4.78 is 20.4. The first-order valence-corrected chi connectivity index (χ1v) is 8.88. The Morgan fingerprint density at radius 2 is 1.86 bits per heavy atom. The van der Waals surface area contributed by atoms with E-state index in [1.54, 1.807) is 38.1 Å². The van der Waals surface area contributed by atoms with Crippen LogP contribution in [0.3, 0.4) is 0 Å². The van der Waals surface area contributed by atoms with Crippen molar-refractivity contribution in [3.05, 3.63) is 42.4 Å². The van der Waals surface area contributed by atoms with Gasteiger partial charge in [-0.15, -0.1) is 0 Å². The zero-order valence-electron chi connectivity index (χ0n) is 16.7. The Labute approximate surface area is 168 Å². The van der Waals surface area contributed by atoms with Crippen LogP contribution < -0.4 is 20.1 Å². The number of benzene rings is 1. The average Bonchev–Trinajstić information content (AvgIpc) is 3.25. The molecule has 0 saturated heterocycles. The minimum absolute atomic E-state index is 0.0767. The lowest BCUT2D eigenvalue weighted by atomic mass is 10.0. The maximum absolute atomic E-state index is 12.4. The molecule has 1 aromatic heterocycles. The number of esters is 1. The number of methoxy groups -OCH3 is 2. The zero-order chi connectivity index (χ0) is 21.4. The van der Waals surface area contributed by atoms with Gasteiger partial charge in [-0.2, -0.15) is 0 Å². The van der Waals surface area contributed by atoms with Crippen molar-refractivity contribution >= 4 is 23.5 Å². The normalized spacial score (nSPS) is 11.5. The number of carbonyl (C=O) groups excluding carboxylic acids is 3. The SMILES string of the molecule is COc1ccc(NC(=O)COC(=O)[C@@H](NC(=O)c2ccco2)C(C)C)c(OC)c1. The fourth-order valence-corrected chi connectivity index (χ4v) is 2.43. The molecule has 2 amide bonds. The molecule has 0 spiro atoms. The van der Waals surface area contributed by atoms with Crippen LogP contribution in [-0.4, -0.2) is 44.7 Å². The minimum Gasteiger partial charge on any atom is -0.497 e. The first kappa shape index (κ1) is 21.8. The summed E-state index contributed by atoms with van der Waals surface area (Å²) in [6.07, 6.45) is 1.36. The average molecular weight is 404 g/mol. The maximum Gasteiger partial charge on any atom is 0.329 e. The number of amides is 2. The van der Waals surface area contributed by atoms with Crippen LogP contribution in [0.2, 0.25) is 0 Å². The van der Waals surface area contributed by atoms with Gasteiger partial charge < -0.3 is 29.3 Å². The number of rotatable bonds is 9. The molecule has 1 atom stereocenters. The Balaban J connectivity index is 1.93. The van der Waals surface area contributed by atoms with E-state index in [0.29, 0.717) is 17.2 Å². The van der Waals surface area contributed by atoms with Crippen molar-refractivity contribution in [1.82, 2.24) is 5.32 Å². The first-order valence-electron chi connectivity index (χ1n) is 8.88. The molecule has 0 saturated carbocycles. The topological polar surface area (TPSA) is 116 Å². The Kier molecular flexibility index (Phi) is 7.64. The van der Waals surface area contributed by atoms with Crippen LogP contribution in [0.15, 0.2) is 41.0 Å². The summed E-state index contributed by atoms with van der Waals surface area (Å²) in [5, 5.41) is 5.15. The Morgan fingerprint density at radius 3 is 2.45 bits per heavy atom. The summed E-state index contributed by atoms with van der Waals surface area (Å²) in [5.74, 6) is -1.04. The van der Waals surface area contributed by atoms with Crippen molar-refractivity contribution in [3.63, 3.8) is 0 Å². The molecule has 1 aromatic carbocycles. The summed E-state index contributed by atoms with van der Waals surface area (Å²) in [6.45, 7) is 2.97. The number of ether oxygens (including phenoxy) is 3. The van der Waals surface area contributed by atoms with Crippen LogP contribution in [0.5, 0.6) is 11.5 Å².